The smallest absolute Gasteiger partial charge is 0.251 e. The van der Waals surface area contributed by atoms with Crippen LogP contribution in [0.1, 0.15) is 21.8 Å². The second-order valence-electron chi connectivity index (χ2n) is 4.89. The van der Waals surface area contributed by atoms with Gasteiger partial charge in [0.05, 0.1) is 0 Å². The summed E-state index contributed by atoms with van der Waals surface area (Å²) in [6.45, 7) is 2.96. The molecule has 1 fully saturated rings. The Morgan fingerprint density at radius 3 is 3.00 bits per heavy atom. The van der Waals surface area contributed by atoms with E-state index in [1.807, 2.05) is 18.2 Å². The maximum atomic E-state index is 11.9. The summed E-state index contributed by atoms with van der Waals surface area (Å²) in [4.78, 5) is 14.2. The molecule has 3 heteroatoms. The molecule has 0 bridgehead atoms. The third kappa shape index (κ3) is 1.43. The molecule has 2 aliphatic rings. The molecule has 0 aliphatic carbocycles. The number of likely N-dealkylation sites (N-methyl/N-ethyl adjacent to an activating group) is 1. The highest BCUT2D eigenvalue weighted by Crippen LogP contribution is 2.35. The number of hydrogen-bond acceptors (Lipinski definition) is 2. The second kappa shape index (κ2) is 3.59. The molecule has 1 aromatic carbocycles. The molecule has 0 spiro atoms. The summed E-state index contributed by atoms with van der Waals surface area (Å²) in [6, 6.07) is 8.02. The fraction of sp³-hybridized carbons (Fsp3) is 0.462. The zero-order chi connectivity index (χ0) is 11.1. The number of fused-ring (bicyclic) bond motifs is 3. The van der Waals surface area contributed by atoms with E-state index in [0.717, 1.165) is 25.2 Å². The third-order valence-corrected chi connectivity index (χ3v) is 3.75. The Balaban J connectivity index is 2.08. The van der Waals surface area contributed by atoms with Gasteiger partial charge in [0.1, 0.15) is 0 Å². The number of benzene rings is 1. The van der Waals surface area contributed by atoms with Crippen molar-refractivity contribution in [3.63, 3.8) is 0 Å². The summed E-state index contributed by atoms with van der Waals surface area (Å²) < 4.78 is 0. The van der Waals surface area contributed by atoms with Crippen LogP contribution in [0.5, 0.6) is 0 Å². The van der Waals surface area contributed by atoms with Gasteiger partial charge in [-0.25, -0.2) is 0 Å². The van der Waals surface area contributed by atoms with E-state index in [1.165, 1.54) is 5.56 Å². The van der Waals surface area contributed by atoms with E-state index in [9.17, 15) is 4.79 Å². The highest BCUT2D eigenvalue weighted by molar-refractivity contribution is 5.96. The molecule has 1 amide bonds. The van der Waals surface area contributed by atoms with Gasteiger partial charge in [-0.2, -0.15) is 0 Å². The lowest BCUT2D eigenvalue weighted by atomic mass is 9.87. The molecule has 16 heavy (non-hydrogen) atoms. The summed E-state index contributed by atoms with van der Waals surface area (Å²) >= 11 is 0. The van der Waals surface area contributed by atoms with Crippen molar-refractivity contribution in [3.05, 3.63) is 35.4 Å². The Hall–Kier alpha value is -1.35. The van der Waals surface area contributed by atoms with Crippen molar-refractivity contribution in [3.8, 4) is 0 Å². The molecule has 0 radical (unpaired) electrons. The van der Waals surface area contributed by atoms with Crippen LogP contribution >= 0.6 is 0 Å². The zero-order valence-corrected chi connectivity index (χ0v) is 9.44. The van der Waals surface area contributed by atoms with Gasteiger partial charge in [-0.05, 0) is 24.6 Å². The molecular formula is C13H16N2O. The standard InChI is InChI=1S/C13H16N2O/c1-15-7-9-6-14-13(16)11-5-3-2-4-10(11)12(9)8-15/h2-5,9,12H,6-8H2,1H3,(H,14,16)/t9-,12-/m0/s1. The Bertz CT molecular complexity index is 430. The van der Waals surface area contributed by atoms with E-state index < -0.39 is 0 Å². The van der Waals surface area contributed by atoms with Crippen molar-refractivity contribution >= 4 is 5.91 Å². The molecule has 1 aromatic rings. The quantitative estimate of drug-likeness (QED) is 0.703. The van der Waals surface area contributed by atoms with Crippen LogP contribution in [0.25, 0.3) is 0 Å². The van der Waals surface area contributed by atoms with Gasteiger partial charge in [-0.1, -0.05) is 18.2 Å². The van der Waals surface area contributed by atoms with Crippen LogP contribution in [0.4, 0.5) is 0 Å². The molecule has 84 valence electrons. The van der Waals surface area contributed by atoms with E-state index in [1.54, 1.807) is 0 Å². The number of hydrogen-bond donors (Lipinski definition) is 1. The first-order valence-corrected chi connectivity index (χ1v) is 5.81. The molecule has 1 N–H and O–H groups in total. The van der Waals surface area contributed by atoms with Crippen LogP contribution < -0.4 is 5.32 Å². The molecule has 0 saturated carbocycles. The van der Waals surface area contributed by atoms with E-state index >= 15 is 0 Å². The first-order valence-electron chi connectivity index (χ1n) is 5.81. The second-order valence-corrected chi connectivity index (χ2v) is 4.89. The van der Waals surface area contributed by atoms with Gasteiger partial charge in [0.2, 0.25) is 0 Å². The fourth-order valence-electron chi connectivity index (χ4n) is 2.99. The topological polar surface area (TPSA) is 32.3 Å². The molecule has 3 nitrogen and oxygen atoms in total. The Labute approximate surface area is 95.4 Å². The monoisotopic (exact) mass is 216 g/mol. The highest BCUT2D eigenvalue weighted by Gasteiger charge is 2.36. The number of likely N-dealkylation sites (tertiary alicyclic amines) is 1. The lowest BCUT2D eigenvalue weighted by molar-refractivity contribution is 0.0951. The van der Waals surface area contributed by atoms with Crippen molar-refractivity contribution in [1.29, 1.82) is 0 Å². The zero-order valence-electron chi connectivity index (χ0n) is 9.44. The minimum Gasteiger partial charge on any atom is -0.352 e. The molecular weight excluding hydrogens is 200 g/mol. The molecule has 2 atom stereocenters. The number of carbonyl (C=O) groups is 1. The van der Waals surface area contributed by atoms with Crippen LogP contribution in [0, 0.1) is 5.92 Å². The van der Waals surface area contributed by atoms with Crippen molar-refractivity contribution in [1.82, 2.24) is 10.2 Å². The first-order chi connectivity index (χ1) is 7.75. The number of carbonyl (C=O) groups excluding carboxylic acids is 1. The summed E-state index contributed by atoms with van der Waals surface area (Å²) in [5.41, 5.74) is 2.09. The van der Waals surface area contributed by atoms with Gasteiger partial charge in [0.25, 0.3) is 5.91 Å². The molecule has 2 aliphatic heterocycles. The Kier molecular flexibility index (Phi) is 2.21. The number of amides is 1. The summed E-state index contributed by atoms with van der Waals surface area (Å²) in [5.74, 6) is 1.17. The van der Waals surface area contributed by atoms with Crippen LogP contribution in [-0.2, 0) is 0 Å². The number of nitrogens with zero attached hydrogens (tertiary/aromatic N) is 1. The van der Waals surface area contributed by atoms with Crippen molar-refractivity contribution in [2.75, 3.05) is 26.7 Å². The molecule has 1 saturated heterocycles. The van der Waals surface area contributed by atoms with Gasteiger partial charge in [-0.3, -0.25) is 4.79 Å². The van der Waals surface area contributed by atoms with Gasteiger partial charge >= 0.3 is 0 Å². The molecule has 3 rings (SSSR count). The fourth-order valence-corrected chi connectivity index (χ4v) is 2.99. The first kappa shape index (κ1) is 9.85. The van der Waals surface area contributed by atoms with Crippen LogP contribution in [0.3, 0.4) is 0 Å². The summed E-state index contributed by atoms with van der Waals surface area (Å²) in [5, 5.41) is 3.03. The van der Waals surface area contributed by atoms with Crippen molar-refractivity contribution in [2.45, 2.75) is 5.92 Å². The minimum absolute atomic E-state index is 0.0904. The van der Waals surface area contributed by atoms with Crippen molar-refractivity contribution < 1.29 is 4.79 Å². The van der Waals surface area contributed by atoms with Gasteiger partial charge in [0, 0.05) is 31.1 Å². The SMILES string of the molecule is CN1C[C@@H]2CNC(=O)c3ccccc3[C@H]2C1. The van der Waals surface area contributed by atoms with Gasteiger partial charge in [0.15, 0.2) is 0 Å². The van der Waals surface area contributed by atoms with E-state index in [-0.39, 0.29) is 5.91 Å². The average Bonchev–Trinajstić information content (AvgIpc) is 2.62. The van der Waals surface area contributed by atoms with E-state index in [4.69, 9.17) is 0 Å². The normalized spacial score (nSPS) is 29.2. The van der Waals surface area contributed by atoms with E-state index in [2.05, 4.69) is 23.3 Å². The lowest BCUT2D eigenvalue weighted by Crippen LogP contribution is -2.29. The summed E-state index contributed by atoms with van der Waals surface area (Å²) in [7, 11) is 2.15. The minimum atomic E-state index is 0.0904. The Morgan fingerprint density at radius 2 is 2.12 bits per heavy atom. The van der Waals surface area contributed by atoms with E-state index in [0.29, 0.717) is 11.8 Å². The molecule has 0 unspecified atom stereocenters. The molecule has 2 heterocycles. The number of nitrogens with one attached hydrogen (secondary N) is 1. The predicted molar refractivity (Wildman–Crippen MR) is 62.5 cm³/mol. The van der Waals surface area contributed by atoms with Gasteiger partial charge < -0.3 is 10.2 Å². The van der Waals surface area contributed by atoms with Gasteiger partial charge in [-0.15, -0.1) is 0 Å². The highest BCUT2D eigenvalue weighted by atomic mass is 16.1. The maximum Gasteiger partial charge on any atom is 0.251 e. The Morgan fingerprint density at radius 1 is 1.31 bits per heavy atom. The predicted octanol–water partition coefficient (Wildman–Crippen LogP) is 1.08. The largest absolute Gasteiger partial charge is 0.352 e. The van der Waals surface area contributed by atoms with Crippen LogP contribution in [-0.4, -0.2) is 37.5 Å². The summed E-state index contributed by atoms with van der Waals surface area (Å²) in [6.07, 6.45) is 0. The third-order valence-electron chi connectivity index (χ3n) is 3.75. The number of rotatable bonds is 0. The van der Waals surface area contributed by atoms with Crippen molar-refractivity contribution in [2.24, 2.45) is 5.92 Å². The van der Waals surface area contributed by atoms with Crippen LogP contribution in [0.15, 0.2) is 24.3 Å². The maximum absolute atomic E-state index is 11.9. The lowest BCUT2D eigenvalue weighted by Gasteiger charge is -2.15. The average molecular weight is 216 g/mol. The van der Waals surface area contributed by atoms with Crippen LogP contribution in [0.2, 0.25) is 0 Å². The molecule has 0 aromatic heterocycles.